The van der Waals surface area contributed by atoms with Crippen molar-refractivity contribution in [2.75, 3.05) is 6.54 Å². The van der Waals surface area contributed by atoms with Crippen molar-refractivity contribution >= 4 is 0 Å². The van der Waals surface area contributed by atoms with Crippen LogP contribution in [0.3, 0.4) is 0 Å². The molecule has 0 aromatic carbocycles. The van der Waals surface area contributed by atoms with E-state index in [0.717, 1.165) is 12.6 Å². The van der Waals surface area contributed by atoms with Gasteiger partial charge in [-0.15, -0.1) is 0 Å². The zero-order valence-electron chi connectivity index (χ0n) is 9.73. The van der Waals surface area contributed by atoms with Gasteiger partial charge >= 0.3 is 0 Å². The van der Waals surface area contributed by atoms with Gasteiger partial charge in [-0.05, 0) is 19.4 Å². The quantitative estimate of drug-likeness (QED) is 0.540. The average molecular weight is 185 g/mol. The summed E-state index contributed by atoms with van der Waals surface area (Å²) in [6.45, 7) is 7.88. The summed E-state index contributed by atoms with van der Waals surface area (Å²) in [7, 11) is 0. The second-order valence-electron chi connectivity index (χ2n) is 3.89. The summed E-state index contributed by atoms with van der Waals surface area (Å²) < 4.78 is 0. The molecule has 0 fully saturated rings. The fraction of sp³-hybridized carbons (Fsp3) is 1.00. The van der Waals surface area contributed by atoms with Crippen molar-refractivity contribution in [1.82, 2.24) is 5.32 Å². The van der Waals surface area contributed by atoms with E-state index in [1.54, 1.807) is 0 Å². The number of hydrogen-bond donors (Lipinski definition) is 1. The van der Waals surface area contributed by atoms with Crippen molar-refractivity contribution in [2.24, 2.45) is 0 Å². The molecule has 1 nitrogen and oxygen atoms in total. The highest BCUT2D eigenvalue weighted by Gasteiger charge is 2.04. The van der Waals surface area contributed by atoms with Gasteiger partial charge in [0.1, 0.15) is 0 Å². The molecule has 0 bridgehead atoms. The minimum Gasteiger partial charge on any atom is -0.314 e. The first kappa shape index (κ1) is 13.0. The molecule has 80 valence electrons. The van der Waals surface area contributed by atoms with Crippen LogP contribution in [-0.2, 0) is 0 Å². The van der Waals surface area contributed by atoms with E-state index in [0.29, 0.717) is 0 Å². The van der Waals surface area contributed by atoms with E-state index in [9.17, 15) is 0 Å². The average Bonchev–Trinajstić information content (AvgIpc) is 2.14. The van der Waals surface area contributed by atoms with E-state index in [-0.39, 0.29) is 0 Å². The molecule has 0 rings (SSSR count). The van der Waals surface area contributed by atoms with E-state index >= 15 is 0 Å². The largest absolute Gasteiger partial charge is 0.314 e. The maximum Gasteiger partial charge on any atom is 0.00669 e. The van der Waals surface area contributed by atoms with Crippen LogP contribution in [0.15, 0.2) is 0 Å². The van der Waals surface area contributed by atoms with Gasteiger partial charge in [-0.1, -0.05) is 52.9 Å². The van der Waals surface area contributed by atoms with Gasteiger partial charge < -0.3 is 5.32 Å². The molecule has 0 aromatic rings. The third kappa shape index (κ3) is 8.29. The van der Waals surface area contributed by atoms with Gasteiger partial charge in [0, 0.05) is 6.04 Å². The van der Waals surface area contributed by atoms with Crippen LogP contribution in [0, 0.1) is 0 Å². The number of unbranched alkanes of at least 4 members (excludes halogenated alkanes) is 3. The second-order valence-corrected chi connectivity index (χ2v) is 3.89. The summed E-state index contributed by atoms with van der Waals surface area (Å²) in [5.74, 6) is 0. The summed E-state index contributed by atoms with van der Waals surface area (Å²) in [4.78, 5) is 0. The summed E-state index contributed by atoms with van der Waals surface area (Å²) in [6, 6.07) is 0.788. The molecule has 0 heterocycles. The van der Waals surface area contributed by atoms with Crippen molar-refractivity contribution in [1.29, 1.82) is 0 Å². The molecule has 1 unspecified atom stereocenters. The van der Waals surface area contributed by atoms with Crippen LogP contribution in [0.5, 0.6) is 0 Å². The fourth-order valence-corrected chi connectivity index (χ4v) is 1.73. The highest BCUT2D eigenvalue weighted by atomic mass is 14.9. The SMILES string of the molecule is CCCCCC(CCCC)NCC. The summed E-state index contributed by atoms with van der Waals surface area (Å²) in [5, 5.41) is 3.58. The Morgan fingerprint density at radius 3 is 2.00 bits per heavy atom. The van der Waals surface area contributed by atoms with Crippen molar-refractivity contribution in [3.05, 3.63) is 0 Å². The van der Waals surface area contributed by atoms with Crippen LogP contribution in [0.4, 0.5) is 0 Å². The van der Waals surface area contributed by atoms with Gasteiger partial charge in [-0.2, -0.15) is 0 Å². The fourth-order valence-electron chi connectivity index (χ4n) is 1.73. The Labute approximate surface area is 84.3 Å². The van der Waals surface area contributed by atoms with Gasteiger partial charge in [0.2, 0.25) is 0 Å². The van der Waals surface area contributed by atoms with Crippen LogP contribution in [0.2, 0.25) is 0 Å². The summed E-state index contributed by atoms with van der Waals surface area (Å²) in [5.41, 5.74) is 0. The van der Waals surface area contributed by atoms with Gasteiger partial charge in [-0.25, -0.2) is 0 Å². The Balaban J connectivity index is 3.41. The lowest BCUT2D eigenvalue weighted by Gasteiger charge is -2.17. The zero-order chi connectivity index (χ0) is 9.94. The minimum absolute atomic E-state index is 0.788. The first-order chi connectivity index (χ1) is 6.35. The second kappa shape index (κ2) is 10.0. The number of rotatable bonds is 9. The molecule has 0 aliphatic heterocycles. The molecule has 13 heavy (non-hydrogen) atoms. The smallest absolute Gasteiger partial charge is 0.00669 e. The Morgan fingerprint density at radius 1 is 0.846 bits per heavy atom. The van der Waals surface area contributed by atoms with Gasteiger partial charge in [-0.3, -0.25) is 0 Å². The van der Waals surface area contributed by atoms with Crippen molar-refractivity contribution in [2.45, 2.75) is 71.8 Å². The first-order valence-electron chi connectivity index (χ1n) is 6.08. The van der Waals surface area contributed by atoms with E-state index in [1.807, 2.05) is 0 Å². The van der Waals surface area contributed by atoms with Gasteiger partial charge in [0.25, 0.3) is 0 Å². The molecule has 0 radical (unpaired) electrons. The normalized spacial score (nSPS) is 13.2. The standard InChI is InChI=1S/C12H27N/c1-4-7-9-11-12(13-6-3)10-8-5-2/h12-13H,4-11H2,1-3H3. The predicted molar refractivity (Wildman–Crippen MR) is 61.1 cm³/mol. The van der Waals surface area contributed by atoms with Crippen molar-refractivity contribution < 1.29 is 0 Å². The third-order valence-electron chi connectivity index (χ3n) is 2.56. The molecule has 0 aliphatic rings. The Bertz CT molecular complexity index is 91.1. The molecule has 1 atom stereocenters. The molecule has 0 amide bonds. The molecule has 1 N–H and O–H groups in total. The maximum atomic E-state index is 3.58. The van der Waals surface area contributed by atoms with Gasteiger partial charge in [0.15, 0.2) is 0 Å². The Morgan fingerprint density at radius 2 is 1.46 bits per heavy atom. The highest BCUT2D eigenvalue weighted by molar-refractivity contribution is 4.65. The van der Waals surface area contributed by atoms with Gasteiger partial charge in [0.05, 0.1) is 0 Å². The number of hydrogen-bond acceptors (Lipinski definition) is 1. The predicted octanol–water partition coefficient (Wildman–Crippen LogP) is 3.74. The van der Waals surface area contributed by atoms with E-state index < -0.39 is 0 Å². The van der Waals surface area contributed by atoms with E-state index in [4.69, 9.17) is 0 Å². The first-order valence-corrected chi connectivity index (χ1v) is 6.08. The van der Waals surface area contributed by atoms with Crippen LogP contribution in [0.25, 0.3) is 0 Å². The van der Waals surface area contributed by atoms with Crippen molar-refractivity contribution in [3.63, 3.8) is 0 Å². The number of nitrogens with one attached hydrogen (secondary N) is 1. The lowest BCUT2D eigenvalue weighted by molar-refractivity contribution is 0.432. The van der Waals surface area contributed by atoms with Crippen LogP contribution in [0.1, 0.15) is 65.7 Å². The molecule has 0 aliphatic carbocycles. The van der Waals surface area contributed by atoms with E-state index in [2.05, 4.69) is 26.1 Å². The van der Waals surface area contributed by atoms with Crippen molar-refractivity contribution in [3.8, 4) is 0 Å². The summed E-state index contributed by atoms with van der Waals surface area (Å²) in [6.07, 6.45) is 9.59. The molecule has 0 saturated heterocycles. The summed E-state index contributed by atoms with van der Waals surface area (Å²) >= 11 is 0. The zero-order valence-corrected chi connectivity index (χ0v) is 9.73. The highest BCUT2D eigenvalue weighted by Crippen LogP contribution is 2.09. The van der Waals surface area contributed by atoms with Crippen LogP contribution in [-0.4, -0.2) is 12.6 Å². The van der Waals surface area contributed by atoms with Crippen LogP contribution < -0.4 is 5.32 Å². The topological polar surface area (TPSA) is 12.0 Å². The monoisotopic (exact) mass is 185 g/mol. The third-order valence-corrected chi connectivity index (χ3v) is 2.56. The van der Waals surface area contributed by atoms with E-state index in [1.165, 1.54) is 44.9 Å². The lowest BCUT2D eigenvalue weighted by atomic mass is 10.0. The molecular weight excluding hydrogens is 158 g/mol. The Kier molecular flexibility index (Phi) is 10.0. The molecule has 0 saturated carbocycles. The molecule has 1 heteroatoms. The molecule has 0 aromatic heterocycles. The Hall–Kier alpha value is -0.0400. The minimum atomic E-state index is 0.788. The maximum absolute atomic E-state index is 3.58. The molecular formula is C12H27N. The lowest BCUT2D eigenvalue weighted by Crippen LogP contribution is -2.28. The molecule has 0 spiro atoms. The van der Waals surface area contributed by atoms with Crippen LogP contribution >= 0.6 is 0 Å².